The molecule has 0 aromatic heterocycles. The molecule has 0 N–H and O–H groups in total. The molecule has 3 nitrogen and oxygen atoms in total. The quantitative estimate of drug-likeness (QED) is 0.570. The molecule has 0 amide bonds. The summed E-state index contributed by atoms with van der Waals surface area (Å²) in [4.78, 5) is 10.7. The highest BCUT2D eigenvalue weighted by Gasteiger charge is 2.02. The molecule has 0 aliphatic heterocycles. The van der Waals surface area contributed by atoms with Crippen LogP contribution in [0.3, 0.4) is 0 Å². The number of carbonyl (C=O) groups is 1. The Morgan fingerprint density at radius 2 is 1.94 bits per heavy atom. The molecule has 5 heteroatoms. The average molecular weight is 226 g/mol. The van der Waals surface area contributed by atoms with E-state index in [0.29, 0.717) is 5.56 Å². The lowest BCUT2D eigenvalue weighted by Crippen LogP contribution is -2.01. The van der Waals surface area contributed by atoms with Gasteiger partial charge in [0.1, 0.15) is 5.75 Å². The van der Waals surface area contributed by atoms with Crippen molar-refractivity contribution in [2.24, 2.45) is 0 Å². The number of halogens is 2. The van der Waals surface area contributed by atoms with Crippen LogP contribution in [0.25, 0.3) is 0 Å². The molecular weight excluding hydrogens is 218 g/mol. The fourth-order valence-electron chi connectivity index (χ4n) is 0.894. The van der Waals surface area contributed by atoms with Gasteiger partial charge in [0.25, 0.3) is 0 Å². The van der Waals surface area contributed by atoms with Crippen molar-refractivity contribution in [3.63, 3.8) is 0 Å². The van der Waals surface area contributed by atoms with Crippen molar-refractivity contribution < 1.29 is 23.0 Å². The van der Waals surface area contributed by atoms with Gasteiger partial charge < -0.3 is 9.47 Å². The number of hydrogen-bond donors (Lipinski definition) is 0. The lowest BCUT2D eigenvalue weighted by molar-refractivity contribution is -0.133. The topological polar surface area (TPSA) is 35.5 Å². The molecule has 1 rings (SSSR count). The molecule has 0 saturated carbocycles. The van der Waals surface area contributed by atoms with Gasteiger partial charge in [-0.05, 0) is 24.3 Å². The predicted molar refractivity (Wildman–Crippen MR) is 52.0 cm³/mol. The van der Waals surface area contributed by atoms with Crippen molar-refractivity contribution in [2.45, 2.75) is 6.61 Å². The average Bonchev–Trinajstić information content (AvgIpc) is 2.27. The summed E-state index contributed by atoms with van der Waals surface area (Å²) in [5, 5.41) is 0. The van der Waals surface area contributed by atoms with Gasteiger partial charge in [0.15, 0.2) is 0 Å². The number of rotatable bonds is 2. The Kier molecular flexibility index (Phi) is 4.28. The molecule has 0 aliphatic rings. The molecule has 0 bridgehead atoms. The highest BCUT2D eigenvalue weighted by atomic mass is 19.3. The van der Waals surface area contributed by atoms with Crippen molar-refractivity contribution in [1.82, 2.24) is 0 Å². The molecule has 0 aliphatic carbocycles. The summed E-state index contributed by atoms with van der Waals surface area (Å²) in [5.74, 6) is 4.10. The van der Waals surface area contributed by atoms with Gasteiger partial charge in [-0.3, -0.25) is 0 Å². The number of methoxy groups -OCH3 is 1. The summed E-state index contributed by atoms with van der Waals surface area (Å²) in [7, 11) is 1.22. The van der Waals surface area contributed by atoms with Crippen molar-refractivity contribution in [2.75, 3.05) is 7.11 Å². The summed E-state index contributed by atoms with van der Waals surface area (Å²) in [5.41, 5.74) is 0.506. The van der Waals surface area contributed by atoms with Crippen LogP contribution in [-0.4, -0.2) is 19.7 Å². The van der Waals surface area contributed by atoms with E-state index in [1.807, 2.05) is 0 Å². The van der Waals surface area contributed by atoms with Gasteiger partial charge in [0, 0.05) is 11.5 Å². The van der Waals surface area contributed by atoms with E-state index in [2.05, 4.69) is 21.3 Å². The van der Waals surface area contributed by atoms with Gasteiger partial charge in [-0.2, -0.15) is 8.78 Å². The first-order valence-electron chi connectivity index (χ1n) is 4.26. The Bertz CT molecular complexity index is 415. The highest BCUT2D eigenvalue weighted by Crippen LogP contribution is 2.14. The largest absolute Gasteiger partial charge is 0.459 e. The number of esters is 1. The zero-order valence-corrected chi connectivity index (χ0v) is 8.37. The normalized spacial score (nSPS) is 9.25. The van der Waals surface area contributed by atoms with E-state index < -0.39 is 12.6 Å². The van der Waals surface area contributed by atoms with Crippen LogP contribution >= 0.6 is 0 Å². The number of carbonyl (C=O) groups excluding carboxylic acids is 1. The minimum absolute atomic E-state index is 0.0404. The Hall–Kier alpha value is -2.09. The standard InChI is InChI=1S/C11H8F2O3/c1-15-10(14)7-4-8-2-5-9(6-3-8)16-11(12)13/h2-3,5-6,11H,1H3. The van der Waals surface area contributed by atoms with Crippen LogP contribution in [0.1, 0.15) is 5.56 Å². The first-order valence-corrected chi connectivity index (χ1v) is 4.26. The maximum absolute atomic E-state index is 11.8. The monoisotopic (exact) mass is 226 g/mol. The molecule has 0 fully saturated rings. The van der Waals surface area contributed by atoms with E-state index in [-0.39, 0.29) is 5.75 Å². The molecule has 0 spiro atoms. The lowest BCUT2D eigenvalue weighted by Gasteiger charge is -2.02. The Labute approximate surface area is 91.0 Å². The van der Waals surface area contributed by atoms with Crippen LogP contribution in [0.5, 0.6) is 5.75 Å². The lowest BCUT2D eigenvalue weighted by atomic mass is 10.2. The van der Waals surface area contributed by atoms with Crippen molar-refractivity contribution in [3.05, 3.63) is 29.8 Å². The summed E-state index contributed by atoms with van der Waals surface area (Å²) in [6, 6.07) is 5.61. The second-order valence-electron chi connectivity index (χ2n) is 2.64. The molecule has 1 aromatic carbocycles. The molecule has 0 unspecified atom stereocenters. The smallest absolute Gasteiger partial charge is 0.387 e. The van der Waals surface area contributed by atoms with Crippen molar-refractivity contribution in [1.29, 1.82) is 0 Å². The van der Waals surface area contributed by atoms with E-state index in [1.54, 1.807) is 0 Å². The fourth-order valence-corrected chi connectivity index (χ4v) is 0.894. The fraction of sp³-hybridized carbons (Fsp3) is 0.182. The molecule has 0 saturated heterocycles. The van der Waals surface area contributed by atoms with E-state index in [4.69, 9.17) is 0 Å². The summed E-state index contributed by atoms with van der Waals surface area (Å²) in [6.07, 6.45) is 0. The van der Waals surface area contributed by atoms with Crippen LogP contribution < -0.4 is 4.74 Å². The molecule has 0 heterocycles. The molecule has 0 radical (unpaired) electrons. The first-order chi connectivity index (χ1) is 7.61. The first kappa shape index (κ1) is 12.0. The summed E-state index contributed by atoms with van der Waals surface area (Å²) >= 11 is 0. The van der Waals surface area contributed by atoms with E-state index >= 15 is 0 Å². The maximum atomic E-state index is 11.8. The van der Waals surface area contributed by atoms with Crippen LogP contribution in [0.2, 0.25) is 0 Å². The number of hydrogen-bond acceptors (Lipinski definition) is 3. The van der Waals surface area contributed by atoms with Crippen LogP contribution in [0.15, 0.2) is 24.3 Å². The maximum Gasteiger partial charge on any atom is 0.387 e. The van der Waals surface area contributed by atoms with E-state index in [9.17, 15) is 13.6 Å². The van der Waals surface area contributed by atoms with Crippen molar-refractivity contribution in [3.8, 4) is 17.6 Å². The van der Waals surface area contributed by atoms with Gasteiger partial charge >= 0.3 is 12.6 Å². The van der Waals surface area contributed by atoms with Crippen molar-refractivity contribution >= 4 is 5.97 Å². The second kappa shape index (κ2) is 5.71. The van der Waals surface area contributed by atoms with Crippen LogP contribution in [-0.2, 0) is 9.53 Å². The Morgan fingerprint density at radius 3 is 2.44 bits per heavy atom. The van der Waals surface area contributed by atoms with Crippen LogP contribution in [0.4, 0.5) is 8.78 Å². The SMILES string of the molecule is COC(=O)C#Cc1ccc(OC(F)F)cc1. The third kappa shape index (κ3) is 3.96. The number of benzene rings is 1. The molecule has 16 heavy (non-hydrogen) atoms. The Morgan fingerprint density at radius 1 is 1.31 bits per heavy atom. The third-order valence-electron chi connectivity index (χ3n) is 1.57. The van der Waals surface area contributed by atoms with Gasteiger partial charge in [0.05, 0.1) is 7.11 Å². The highest BCUT2D eigenvalue weighted by molar-refractivity contribution is 5.88. The molecular formula is C11H8F2O3. The van der Waals surface area contributed by atoms with Gasteiger partial charge in [0.2, 0.25) is 0 Å². The molecule has 84 valence electrons. The minimum Gasteiger partial charge on any atom is -0.459 e. The molecule has 1 aromatic rings. The van der Waals surface area contributed by atoms with E-state index in [0.717, 1.165) is 0 Å². The zero-order valence-electron chi connectivity index (χ0n) is 8.37. The third-order valence-corrected chi connectivity index (χ3v) is 1.57. The van der Waals surface area contributed by atoms with Crippen LogP contribution in [0, 0.1) is 11.8 Å². The second-order valence-corrected chi connectivity index (χ2v) is 2.64. The summed E-state index contributed by atoms with van der Waals surface area (Å²) < 4.78 is 32.1. The van der Waals surface area contributed by atoms with E-state index in [1.165, 1.54) is 31.4 Å². The summed E-state index contributed by atoms with van der Waals surface area (Å²) in [6.45, 7) is -2.85. The van der Waals surface area contributed by atoms with Gasteiger partial charge in [-0.25, -0.2) is 4.79 Å². The number of alkyl halides is 2. The Balaban J connectivity index is 2.70. The molecule has 0 atom stereocenters. The number of ether oxygens (including phenoxy) is 2. The minimum atomic E-state index is -2.85. The zero-order chi connectivity index (χ0) is 12.0. The van der Waals surface area contributed by atoms with Gasteiger partial charge in [-0.1, -0.05) is 5.92 Å². The predicted octanol–water partition coefficient (Wildman–Crippen LogP) is 1.81. The van der Waals surface area contributed by atoms with Gasteiger partial charge in [-0.15, -0.1) is 0 Å².